The summed E-state index contributed by atoms with van der Waals surface area (Å²) < 4.78 is 32.9. The van der Waals surface area contributed by atoms with Crippen LogP contribution in [0.5, 0.6) is 0 Å². The Morgan fingerprint density at radius 3 is 2.58 bits per heavy atom. The molecule has 1 atom stereocenters. The third-order valence-electron chi connectivity index (χ3n) is 3.15. The van der Waals surface area contributed by atoms with Crippen LogP contribution in [0.4, 0.5) is 13.6 Å². The summed E-state index contributed by atoms with van der Waals surface area (Å²) in [7, 11) is 1.65. The summed E-state index contributed by atoms with van der Waals surface area (Å²) in [4.78, 5) is 13.2. The Morgan fingerprint density at radius 1 is 1.42 bits per heavy atom. The zero-order valence-electron chi connectivity index (χ0n) is 12.1. The third-order valence-corrected chi connectivity index (χ3v) is 3.15. The standard InChI is InChI=1S/C13H24F2N2O2/c1-12(2,3)19-11(18)17-8-5-10(9-17)13(14,15)6-7-16-4/h10,16H,5-9H2,1-4H3. The second-order valence-corrected chi connectivity index (χ2v) is 6.03. The second-order valence-electron chi connectivity index (χ2n) is 6.03. The van der Waals surface area contributed by atoms with Crippen molar-refractivity contribution in [2.75, 3.05) is 26.7 Å². The molecule has 0 aromatic heterocycles. The smallest absolute Gasteiger partial charge is 0.410 e. The molecule has 0 saturated carbocycles. The van der Waals surface area contributed by atoms with Crippen molar-refractivity contribution in [3.05, 3.63) is 0 Å². The number of hydrogen-bond acceptors (Lipinski definition) is 3. The van der Waals surface area contributed by atoms with E-state index in [1.807, 2.05) is 0 Å². The molecule has 0 aromatic carbocycles. The fourth-order valence-electron chi connectivity index (χ4n) is 2.09. The molecule has 0 spiro atoms. The first-order valence-electron chi connectivity index (χ1n) is 6.66. The third kappa shape index (κ3) is 4.93. The highest BCUT2D eigenvalue weighted by molar-refractivity contribution is 5.68. The van der Waals surface area contributed by atoms with Crippen molar-refractivity contribution in [1.29, 1.82) is 0 Å². The molecule has 0 bridgehead atoms. The zero-order valence-corrected chi connectivity index (χ0v) is 12.1. The number of halogens is 2. The van der Waals surface area contributed by atoms with Crippen molar-refractivity contribution in [2.45, 2.75) is 45.1 Å². The van der Waals surface area contributed by atoms with Crippen LogP contribution >= 0.6 is 0 Å². The van der Waals surface area contributed by atoms with E-state index in [2.05, 4.69) is 5.32 Å². The lowest BCUT2D eigenvalue weighted by molar-refractivity contribution is -0.0604. The average Bonchev–Trinajstić information content (AvgIpc) is 2.74. The van der Waals surface area contributed by atoms with Gasteiger partial charge in [-0.05, 0) is 34.2 Å². The Hall–Kier alpha value is -0.910. The van der Waals surface area contributed by atoms with Crippen LogP contribution in [0.1, 0.15) is 33.6 Å². The minimum Gasteiger partial charge on any atom is -0.444 e. The van der Waals surface area contributed by atoms with Gasteiger partial charge in [0.15, 0.2) is 0 Å². The molecule has 112 valence electrons. The van der Waals surface area contributed by atoms with Gasteiger partial charge in [-0.15, -0.1) is 0 Å². The van der Waals surface area contributed by atoms with Crippen molar-refractivity contribution in [3.63, 3.8) is 0 Å². The number of alkyl halides is 2. The summed E-state index contributed by atoms with van der Waals surface area (Å²) in [5.41, 5.74) is -0.593. The zero-order chi connectivity index (χ0) is 14.7. The number of carbonyl (C=O) groups is 1. The molecule has 1 heterocycles. The molecule has 1 saturated heterocycles. The molecule has 1 rings (SSSR count). The Kier molecular flexibility index (Phi) is 5.12. The number of ether oxygens (including phenoxy) is 1. The number of carbonyl (C=O) groups excluding carboxylic acids is 1. The molecule has 0 radical (unpaired) electrons. The maximum atomic E-state index is 13.9. The molecule has 0 aliphatic carbocycles. The number of rotatable bonds is 4. The van der Waals surface area contributed by atoms with E-state index in [9.17, 15) is 13.6 Å². The van der Waals surface area contributed by atoms with Crippen molar-refractivity contribution in [1.82, 2.24) is 10.2 Å². The molecule has 4 nitrogen and oxygen atoms in total. The van der Waals surface area contributed by atoms with Gasteiger partial charge in [0, 0.05) is 32.0 Å². The van der Waals surface area contributed by atoms with Gasteiger partial charge in [-0.25, -0.2) is 13.6 Å². The minimum absolute atomic E-state index is 0.0750. The maximum Gasteiger partial charge on any atom is 0.410 e. The van der Waals surface area contributed by atoms with E-state index >= 15 is 0 Å². The number of amides is 1. The van der Waals surface area contributed by atoms with E-state index in [1.54, 1.807) is 27.8 Å². The Bertz CT molecular complexity index is 316. The monoisotopic (exact) mass is 278 g/mol. The lowest BCUT2D eigenvalue weighted by Crippen LogP contribution is -2.38. The van der Waals surface area contributed by atoms with Crippen molar-refractivity contribution in [2.24, 2.45) is 5.92 Å². The molecular formula is C13H24F2N2O2. The quantitative estimate of drug-likeness (QED) is 0.859. The molecule has 19 heavy (non-hydrogen) atoms. The first-order chi connectivity index (χ1) is 8.65. The number of nitrogens with zero attached hydrogens (tertiary/aromatic N) is 1. The predicted octanol–water partition coefficient (Wildman–Crippen LogP) is 2.49. The normalized spacial score (nSPS) is 20.7. The van der Waals surface area contributed by atoms with E-state index in [0.29, 0.717) is 13.0 Å². The summed E-state index contributed by atoms with van der Waals surface area (Å²) in [6.45, 7) is 5.98. The molecule has 1 amide bonds. The fourth-order valence-corrected chi connectivity index (χ4v) is 2.09. The van der Waals surface area contributed by atoms with Crippen LogP contribution in [0.3, 0.4) is 0 Å². The molecule has 1 aliphatic rings. The number of nitrogens with one attached hydrogen (secondary N) is 1. The van der Waals surface area contributed by atoms with E-state index in [-0.39, 0.29) is 19.5 Å². The largest absolute Gasteiger partial charge is 0.444 e. The number of likely N-dealkylation sites (tertiary alicyclic amines) is 1. The van der Waals surface area contributed by atoms with Crippen LogP contribution < -0.4 is 5.32 Å². The SMILES string of the molecule is CNCCC(F)(F)C1CCN(C(=O)OC(C)(C)C)C1. The van der Waals surface area contributed by atoms with Crippen LogP contribution in [0.15, 0.2) is 0 Å². The van der Waals surface area contributed by atoms with E-state index in [1.165, 1.54) is 4.90 Å². The van der Waals surface area contributed by atoms with Gasteiger partial charge in [0.2, 0.25) is 0 Å². The summed E-state index contributed by atoms with van der Waals surface area (Å²) >= 11 is 0. The average molecular weight is 278 g/mol. The maximum absolute atomic E-state index is 13.9. The molecule has 6 heteroatoms. The topological polar surface area (TPSA) is 41.6 Å². The van der Waals surface area contributed by atoms with Gasteiger partial charge in [-0.1, -0.05) is 0 Å². The van der Waals surface area contributed by atoms with Crippen molar-refractivity contribution < 1.29 is 18.3 Å². The van der Waals surface area contributed by atoms with Crippen LogP contribution in [-0.4, -0.2) is 49.2 Å². The van der Waals surface area contributed by atoms with Gasteiger partial charge in [0.05, 0.1) is 0 Å². The van der Waals surface area contributed by atoms with Crippen LogP contribution in [-0.2, 0) is 4.74 Å². The predicted molar refractivity (Wildman–Crippen MR) is 69.4 cm³/mol. The Balaban J connectivity index is 2.51. The van der Waals surface area contributed by atoms with Gasteiger partial charge in [0.25, 0.3) is 5.92 Å². The Morgan fingerprint density at radius 2 is 2.05 bits per heavy atom. The van der Waals surface area contributed by atoms with Crippen molar-refractivity contribution >= 4 is 6.09 Å². The van der Waals surface area contributed by atoms with Gasteiger partial charge in [0.1, 0.15) is 5.60 Å². The van der Waals surface area contributed by atoms with E-state index in [4.69, 9.17) is 4.74 Å². The molecule has 0 aromatic rings. The molecule has 1 aliphatic heterocycles. The molecular weight excluding hydrogens is 254 g/mol. The Labute approximate surface area is 113 Å². The summed E-state index contributed by atoms with van der Waals surface area (Å²) in [6, 6.07) is 0. The summed E-state index contributed by atoms with van der Waals surface area (Å²) in [6.07, 6.45) is -0.369. The van der Waals surface area contributed by atoms with Gasteiger partial charge in [-0.2, -0.15) is 0 Å². The molecule has 1 N–H and O–H groups in total. The highest BCUT2D eigenvalue weighted by atomic mass is 19.3. The first-order valence-corrected chi connectivity index (χ1v) is 6.66. The van der Waals surface area contributed by atoms with Crippen LogP contribution in [0.2, 0.25) is 0 Å². The molecule has 1 unspecified atom stereocenters. The highest BCUT2D eigenvalue weighted by Gasteiger charge is 2.44. The van der Waals surface area contributed by atoms with Crippen LogP contribution in [0, 0.1) is 5.92 Å². The minimum atomic E-state index is -2.74. The second kappa shape index (κ2) is 6.03. The summed E-state index contributed by atoms with van der Waals surface area (Å²) in [5, 5.41) is 2.73. The molecule has 1 fully saturated rings. The van der Waals surface area contributed by atoms with Gasteiger partial charge < -0.3 is 15.0 Å². The lowest BCUT2D eigenvalue weighted by Gasteiger charge is -2.26. The van der Waals surface area contributed by atoms with Gasteiger partial charge in [-0.3, -0.25) is 0 Å². The van der Waals surface area contributed by atoms with E-state index < -0.39 is 23.5 Å². The summed E-state index contributed by atoms with van der Waals surface area (Å²) in [5.74, 6) is -3.51. The van der Waals surface area contributed by atoms with Gasteiger partial charge >= 0.3 is 6.09 Å². The van der Waals surface area contributed by atoms with Crippen molar-refractivity contribution in [3.8, 4) is 0 Å². The lowest BCUT2D eigenvalue weighted by atomic mass is 9.98. The fraction of sp³-hybridized carbons (Fsp3) is 0.923. The number of hydrogen-bond donors (Lipinski definition) is 1. The highest BCUT2D eigenvalue weighted by Crippen LogP contribution is 2.35. The van der Waals surface area contributed by atoms with E-state index in [0.717, 1.165) is 0 Å². The first kappa shape index (κ1) is 16.1. The van der Waals surface area contributed by atoms with Crippen LogP contribution in [0.25, 0.3) is 0 Å².